The molecule has 0 saturated carbocycles. The van der Waals surface area contributed by atoms with Gasteiger partial charge in [0.15, 0.2) is 0 Å². The normalized spacial score (nSPS) is 20.1. The number of hydrogen-bond donors (Lipinski definition) is 1. The number of nitrogens with zero attached hydrogens (tertiary/aromatic N) is 1. The lowest BCUT2D eigenvalue weighted by atomic mass is 10.1. The standard InChI is InChI=1S/C14H20Cl2N2O2/c1-18-4-5-19-12(8-18)9-20-14-10(2-3-17)6-11(15)7-13(14)16/h6-7,12H,2-5,8-9,17H2,1H3. The van der Waals surface area contributed by atoms with Gasteiger partial charge in [-0.25, -0.2) is 0 Å². The van der Waals surface area contributed by atoms with E-state index in [0.29, 0.717) is 35.4 Å². The quantitative estimate of drug-likeness (QED) is 0.904. The number of morpholine rings is 1. The number of halogens is 2. The van der Waals surface area contributed by atoms with E-state index in [1.807, 2.05) is 6.07 Å². The second-order valence-electron chi connectivity index (χ2n) is 4.98. The van der Waals surface area contributed by atoms with Crippen LogP contribution in [0.4, 0.5) is 0 Å². The first-order valence-electron chi connectivity index (χ1n) is 6.71. The third-order valence-electron chi connectivity index (χ3n) is 3.25. The monoisotopic (exact) mass is 318 g/mol. The Bertz CT molecular complexity index is 457. The van der Waals surface area contributed by atoms with Crippen molar-refractivity contribution in [3.63, 3.8) is 0 Å². The summed E-state index contributed by atoms with van der Waals surface area (Å²) in [6.45, 7) is 3.54. The van der Waals surface area contributed by atoms with E-state index in [-0.39, 0.29) is 6.10 Å². The molecule has 0 amide bonds. The number of ether oxygens (including phenoxy) is 2. The molecule has 1 heterocycles. The Kier molecular flexibility index (Phi) is 5.93. The van der Waals surface area contributed by atoms with Crippen LogP contribution in [0.3, 0.4) is 0 Å². The Morgan fingerprint density at radius 2 is 2.25 bits per heavy atom. The van der Waals surface area contributed by atoms with Crippen LogP contribution in [-0.4, -0.2) is 50.9 Å². The Labute approximate surface area is 129 Å². The summed E-state index contributed by atoms with van der Waals surface area (Å²) in [7, 11) is 2.07. The molecule has 1 atom stereocenters. The highest BCUT2D eigenvalue weighted by Gasteiger charge is 2.19. The molecule has 1 aromatic rings. The first kappa shape index (κ1) is 15.9. The van der Waals surface area contributed by atoms with Crippen LogP contribution in [0.2, 0.25) is 10.0 Å². The maximum Gasteiger partial charge on any atom is 0.141 e. The summed E-state index contributed by atoms with van der Waals surface area (Å²) in [6, 6.07) is 3.54. The van der Waals surface area contributed by atoms with Crippen LogP contribution < -0.4 is 10.5 Å². The Morgan fingerprint density at radius 1 is 1.45 bits per heavy atom. The lowest BCUT2D eigenvalue weighted by Gasteiger charge is -2.30. The molecule has 0 aliphatic carbocycles. The second kappa shape index (κ2) is 7.48. The largest absolute Gasteiger partial charge is 0.489 e. The molecule has 1 saturated heterocycles. The smallest absolute Gasteiger partial charge is 0.141 e. The molecule has 6 heteroatoms. The van der Waals surface area contributed by atoms with Crippen LogP contribution in [0.25, 0.3) is 0 Å². The number of benzene rings is 1. The van der Waals surface area contributed by atoms with Gasteiger partial charge in [0.05, 0.1) is 11.6 Å². The highest BCUT2D eigenvalue weighted by atomic mass is 35.5. The van der Waals surface area contributed by atoms with E-state index in [9.17, 15) is 0 Å². The van der Waals surface area contributed by atoms with Gasteiger partial charge in [-0.3, -0.25) is 0 Å². The summed E-state index contributed by atoms with van der Waals surface area (Å²) in [5, 5.41) is 1.12. The van der Waals surface area contributed by atoms with Crippen LogP contribution in [0, 0.1) is 0 Å². The van der Waals surface area contributed by atoms with E-state index in [4.69, 9.17) is 38.4 Å². The van der Waals surface area contributed by atoms with Crippen LogP contribution in [0.15, 0.2) is 12.1 Å². The Balaban J connectivity index is 2.04. The van der Waals surface area contributed by atoms with E-state index in [2.05, 4.69) is 11.9 Å². The molecular weight excluding hydrogens is 299 g/mol. The average molecular weight is 319 g/mol. The van der Waals surface area contributed by atoms with Crippen molar-refractivity contribution in [2.24, 2.45) is 5.73 Å². The molecule has 1 fully saturated rings. The third kappa shape index (κ3) is 4.24. The lowest BCUT2D eigenvalue weighted by Crippen LogP contribution is -2.42. The molecule has 2 rings (SSSR count). The van der Waals surface area contributed by atoms with Crippen molar-refractivity contribution in [3.05, 3.63) is 27.7 Å². The van der Waals surface area contributed by atoms with Crippen molar-refractivity contribution in [2.75, 3.05) is 39.9 Å². The Hall–Kier alpha value is -0.520. The topological polar surface area (TPSA) is 47.7 Å². The van der Waals surface area contributed by atoms with Gasteiger partial charge >= 0.3 is 0 Å². The van der Waals surface area contributed by atoms with Crippen LogP contribution in [-0.2, 0) is 11.2 Å². The summed E-state index contributed by atoms with van der Waals surface area (Å²) in [4.78, 5) is 2.22. The van der Waals surface area contributed by atoms with Crippen LogP contribution in [0.5, 0.6) is 5.75 Å². The highest BCUT2D eigenvalue weighted by molar-refractivity contribution is 6.35. The van der Waals surface area contributed by atoms with Crippen molar-refractivity contribution in [3.8, 4) is 5.75 Å². The van der Waals surface area contributed by atoms with Crippen molar-refractivity contribution < 1.29 is 9.47 Å². The maximum atomic E-state index is 6.22. The fraction of sp³-hybridized carbons (Fsp3) is 0.571. The predicted molar refractivity (Wildman–Crippen MR) is 82.0 cm³/mol. The second-order valence-corrected chi connectivity index (χ2v) is 5.82. The molecule has 0 radical (unpaired) electrons. The molecule has 1 aromatic carbocycles. The number of nitrogens with two attached hydrogens (primary N) is 1. The molecule has 112 valence electrons. The summed E-state index contributed by atoms with van der Waals surface area (Å²) in [5.74, 6) is 0.665. The SMILES string of the molecule is CN1CCOC(COc2c(Cl)cc(Cl)cc2CCN)C1. The number of likely N-dealkylation sites (N-methyl/N-ethyl adjacent to an activating group) is 1. The average Bonchev–Trinajstić information content (AvgIpc) is 2.38. The minimum absolute atomic E-state index is 0.0613. The molecule has 1 unspecified atom stereocenters. The van der Waals surface area contributed by atoms with E-state index >= 15 is 0 Å². The van der Waals surface area contributed by atoms with Gasteiger partial charge in [-0.2, -0.15) is 0 Å². The number of rotatable bonds is 5. The molecule has 0 aromatic heterocycles. The summed E-state index contributed by atoms with van der Waals surface area (Å²) in [6.07, 6.45) is 0.743. The molecule has 4 nitrogen and oxygen atoms in total. The van der Waals surface area contributed by atoms with Gasteiger partial charge < -0.3 is 20.1 Å². The summed E-state index contributed by atoms with van der Waals surface area (Å²) < 4.78 is 11.5. The molecule has 20 heavy (non-hydrogen) atoms. The zero-order valence-electron chi connectivity index (χ0n) is 11.6. The van der Waals surface area contributed by atoms with Crippen molar-refractivity contribution in [2.45, 2.75) is 12.5 Å². The highest BCUT2D eigenvalue weighted by Crippen LogP contribution is 2.33. The predicted octanol–water partition coefficient (Wildman–Crippen LogP) is 2.20. The van der Waals surface area contributed by atoms with E-state index in [1.54, 1.807) is 6.07 Å². The van der Waals surface area contributed by atoms with Gasteiger partial charge in [0.1, 0.15) is 18.5 Å². The lowest BCUT2D eigenvalue weighted by molar-refractivity contribution is -0.0404. The van der Waals surface area contributed by atoms with Crippen molar-refractivity contribution in [1.82, 2.24) is 4.90 Å². The first-order valence-corrected chi connectivity index (χ1v) is 7.46. The van der Waals surface area contributed by atoms with Crippen LogP contribution in [0.1, 0.15) is 5.56 Å². The van der Waals surface area contributed by atoms with Gasteiger partial charge in [-0.15, -0.1) is 0 Å². The molecule has 0 spiro atoms. The van der Waals surface area contributed by atoms with Gasteiger partial charge in [-0.1, -0.05) is 23.2 Å². The fourth-order valence-corrected chi connectivity index (χ4v) is 2.85. The minimum Gasteiger partial charge on any atom is -0.489 e. The van der Waals surface area contributed by atoms with E-state index < -0.39 is 0 Å². The molecule has 1 aliphatic heterocycles. The zero-order valence-corrected chi connectivity index (χ0v) is 13.1. The summed E-state index contributed by atoms with van der Waals surface area (Å²) >= 11 is 12.2. The van der Waals surface area contributed by atoms with E-state index in [1.165, 1.54) is 0 Å². The fourth-order valence-electron chi connectivity index (χ4n) is 2.26. The van der Waals surface area contributed by atoms with Crippen molar-refractivity contribution in [1.29, 1.82) is 0 Å². The molecule has 1 aliphatic rings. The zero-order chi connectivity index (χ0) is 14.5. The molecule has 2 N–H and O–H groups in total. The van der Waals surface area contributed by atoms with Crippen molar-refractivity contribution >= 4 is 23.2 Å². The first-order chi connectivity index (χ1) is 9.60. The van der Waals surface area contributed by atoms with Gasteiger partial charge in [0.2, 0.25) is 0 Å². The van der Waals surface area contributed by atoms with Gasteiger partial charge in [-0.05, 0) is 37.7 Å². The van der Waals surface area contributed by atoms with Gasteiger partial charge in [0.25, 0.3) is 0 Å². The minimum atomic E-state index is 0.0613. The third-order valence-corrected chi connectivity index (χ3v) is 3.75. The molecular formula is C14H20Cl2N2O2. The molecule has 0 bridgehead atoms. The Morgan fingerprint density at radius 3 is 2.95 bits per heavy atom. The van der Waals surface area contributed by atoms with E-state index in [0.717, 1.165) is 25.3 Å². The summed E-state index contributed by atoms with van der Waals surface area (Å²) in [5.41, 5.74) is 6.55. The maximum absolute atomic E-state index is 6.22. The van der Waals surface area contributed by atoms with Crippen LogP contribution >= 0.6 is 23.2 Å². The number of hydrogen-bond acceptors (Lipinski definition) is 4. The van der Waals surface area contributed by atoms with Gasteiger partial charge in [0, 0.05) is 18.1 Å².